The maximum absolute atomic E-state index is 8.87. The van der Waals surface area contributed by atoms with Gasteiger partial charge in [0.2, 0.25) is 0 Å². The van der Waals surface area contributed by atoms with Crippen molar-refractivity contribution in [2.75, 3.05) is 19.7 Å². The highest BCUT2D eigenvalue weighted by Crippen LogP contribution is 2.28. The Bertz CT molecular complexity index is 127. The molecule has 0 aromatic carbocycles. The van der Waals surface area contributed by atoms with Crippen LogP contribution in [0, 0.1) is 5.92 Å². The van der Waals surface area contributed by atoms with Crippen LogP contribution in [0.1, 0.15) is 33.1 Å². The van der Waals surface area contributed by atoms with Gasteiger partial charge in [0.15, 0.2) is 0 Å². The van der Waals surface area contributed by atoms with Gasteiger partial charge in [0.1, 0.15) is 0 Å². The molecule has 1 saturated carbocycles. The minimum atomic E-state index is 0.303. The molecular weight excluding hydrogens is 150 g/mol. The third-order valence-electron chi connectivity index (χ3n) is 3.08. The van der Waals surface area contributed by atoms with Gasteiger partial charge in [0.25, 0.3) is 0 Å². The number of likely N-dealkylation sites (N-methyl/N-ethyl adjacent to an activating group) is 1. The Morgan fingerprint density at radius 3 is 2.58 bits per heavy atom. The average molecular weight is 171 g/mol. The number of hydrogen-bond donors (Lipinski definition) is 1. The number of nitrogens with zero attached hydrogens (tertiary/aromatic N) is 1. The third-order valence-corrected chi connectivity index (χ3v) is 3.08. The van der Waals surface area contributed by atoms with Gasteiger partial charge >= 0.3 is 0 Å². The Kier molecular flexibility index (Phi) is 4.02. The van der Waals surface area contributed by atoms with Crippen molar-refractivity contribution < 1.29 is 5.11 Å². The van der Waals surface area contributed by atoms with Crippen LogP contribution in [0.4, 0.5) is 0 Å². The maximum atomic E-state index is 8.87. The number of rotatable bonds is 4. The summed E-state index contributed by atoms with van der Waals surface area (Å²) in [4.78, 5) is 2.41. The first-order valence-corrected chi connectivity index (χ1v) is 5.14. The zero-order valence-corrected chi connectivity index (χ0v) is 8.29. The van der Waals surface area contributed by atoms with Crippen LogP contribution in [0.5, 0.6) is 0 Å². The summed E-state index contributed by atoms with van der Waals surface area (Å²) >= 11 is 0. The van der Waals surface area contributed by atoms with Crippen LogP contribution in [0.15, 0.2) is 0 Å². The SMILES string of the molecule is CCN(CCO)[C@H]1CCC[C@H]1C. The van der Waals surface area contributed by atoms with E-state index in [0.717, 1.165) is 25.0 Å². The standard InChI is InChI=1S/C10H21NO/c1-3-11(7-8-12)10-6-4-5-9(10)2/h9-10,12H,3-8H2,1-2H3/t9-,10+/m1/s1. The van der Waals surface area contributed by atoms with E-state index in [4.69, 9.17) is 5.11 Å². The molecule has 2 atom stereocenters. The van der Waals surface area contributed by atoms with Crippen molar-refractivity contribution in [2.24, 2.45) is 5.92 Å². The topological polar surface area (TPSA) is 23.5 Å². The van der Waals surface area contributed by atoms with Gasteiger partial charge in [0, 0.05) is 12.6 Å². The van der Waals surface area contributed by atoms with Gasteiger partial charge in [-0.3, -0.25) is 4.90 Å². The third kappa shape index (κ3) is 2.20. The van der Waals surface area contributed by atoms with Crippen molar-refractivity contribution in [3.8, 4) is 0 Å². The van der Waals surface area contributed by atoms with E-state index >= 15 is 0 Å². The molecule has 0 amide bonds. The number of aliphatic hydroxyl groups excluding tert-OH is 1. The molecule has 0 aromatic heterocycles. The van der Waals surface area contributed by atoms with E-state index in [1.54, 1.807) is 0 Å². The lowest BCUT2D eigenvalue weighted by Crippen LogP contribution is -2.38. The van der Waals surface area contributed by atoms with Gasteiger partial charge in [0.05, 0.1) is 6.61 Å². The first-order chi connectivity index (χ1) is 5.79. The molecule has 12 heavy (non-hydrogen) atoms. The van der Waals surface area contributed by atoms with Crippen LogP contribution in [-0.2, 0) is 0 Å². The lowest BCUT2D eigenvalue weighted by molar-refractivity contribution is 0.137. The van der Waals surface area contributed by atoms with E-state index in [0.29, 0.717) is 6.61 Å². The van der Waals surface area contributed by atoms with Gasteiger partial charge in [-0.1, -0.05) is 20.3 Å². The number of hydrogen-bond acceptors (Lipinski definition) is 2. The Hall–Kier alpha value is -0.0800. The van der Waals surface area contributed by atoms with Crippen LogP contribution in [0.2, 0.25) is 0 Å². The van der Waals surface area contributed by atoms with Crippen molar-refractivity contribution in [2.45, 2.75) is 39.2 Å². The molecule has 0 heterocycles. The molecular formula is C10H21NO. The molecule has 72 valence electrons. The monoisotopic (exact) mass is 171 g/mol. The highest BCUT2D eigenvalue weighted by Gasteiger charge is 2.27. The maximum Gasteiger partial charge on any atom is 0.0558 e. The Morgan fingerprint density at radius 2 is 2.17 bits per heavy atom. The Morgan fingerprint density at radius 1 is 1.42 bits per heavy atom. The quantitative estimate of drug-likeness (QED) is 0.692. The predicted molar refractivity (Wildman–Crippen MR) is 51.1 cm³/mol. The Balaban J connectivity index is 2.41. The van der Waals surface area contributed by atoms with Gasteiger partial charge in [-0.15, -0.1) is 0 Å². The van der Waals surface area contributed by atoms with E-state index in [9.17, 15) is 0 Å². The first kappa shape index (κ1) is 10.0. The molecule has 1 N–H and O–H groups in total. The molecule has 2 nitrogen and oxygen atoms in total. The zero-order chi connectivity index (χ0) is 8.97. The van der Waals surface area contributed by atoms with Crippen molar-refractivity contribution in [1.29, 1.82) is 0 Å². The van der Waals surface area contributed by atoms with Crippen molar-refractivity contribution >= 4 is 0 Å². The highest BCUT2D eigenvalue weighted by atomic mass is 16.3. The van der Waals surface area contributed by atoms with Gasteiger partial charge in [-0.25, -0.2) is 0 Å². The Labute approximate surface area is 75.6 Å². The molecule has 0 aromatic rings. The second-order valence-corrected chi connectivity index (χ2v) is 3.83. The molecule has 2 heteroatoms. The van der Waals surface area contributed by atoms with Crippen LogP contribution < -0.4 is 0 Å². The van der Waals surface area contributed by atoms with Crippen LogP contribution in [0.3, 0.4) is 0 Å². The molecule has 0 aliphatic heterocycles. The molecule has 1 fully saturated rings. The van der Waals surface area contributed by atoms with Gasteiger partial charge in [-0.2, -0.15) is 0 Å². The normalized spacial score (nSPS) is 30.0. The minimum Gasteiger partial charge on any atom is -0.395 e. The van der Waals surface area contributed by atoms with E-state index in [1.165, 1.54) is 19.3 Å². The van der Waals surface area contributed by atoms with Gasteiger partial charge < -0.3 is 5.11 Å². The summed E-state index contributed by atoms with van der Waals surface area (Å²) in [5.74, 6) is 0.830. The van der Waals surface area contributed by atoms with E-state index in [-0.39, 0.29) is 0 Å². The second-order valence-electron chi connectivity index (χ2n) is 3.83. The summed E-state index contributed by atoms with van der Waals surface area (Å²) in [6.07, 6.45) is 4.06. The van der Waals surface area contributed by atoms with Crippen LogP contribution in [0.25, 0.3) is 0 Å². The molecule has 0 spiro atoms. The molecule has 0 radical (unpaired) electrons. The van der Waals surface area contributed by atoms with E-state index in [1.807, 2.05) is 0 Å². The molecule has 1 aliphatic carbocycles. The van der Waals surface area contributed by atoms with Crippen LogP contribution in [-0.4, -0.2) is 35.7 Å². The summed E-state index contributed by atoms with van der Waals surface area (Å²) < 4.78 is 0. The minimum absolute atomic E-state index is 0.303. The smallest absolute Gasteiger partial charge is 0.0558 e. The lowest BCUT2D eigenvalue weighted by atomic mass is 10.0. The largest absolute Gasteiger partial charge is 0.395 e. The van der Waals surface area contributed by atoms with Crippen molar-refractivity contribution in [3.05, 3.63) is 0 Å². The summed E-state index contributed by atoms with van der Waals surface area (Å²) in [6, 6.07) is 0.738. The van der Waals surface area contributed by atoms with E-state index < -0.39 is 0 Å². The fraction of sp³-hybridized carbons (Fsp3) is 1.00. The lowest BCUT2D eigenvalue weighted by Gasteiger charge is -2.29. The van der Waals surface area contributed by atoms with Crippen molar-refractivity contribution in [3.63, 3.8) is 0 Å². The molecule has 0 saturated heterocycles. The molecule has 0 bridgehead atoms. The second kappa shape index (κ2) is 4.83. The average Bonchev–Trinajstić information content (AvgIpc) is 2.47. The fourth-order valence-corrected chi connectivity index (χ4v) is 2.36. The molecule has 1 rings (SSSR count). The zero-order valence-electron chi connectivity index (χ0n) is 8.29. The van der Waals surface area contributed by atoms with Crippen molar-refractivity contribution in [1.82, 2.24) is 4.90 Å². The molecule has 0 unspecified atom stereocenters. The van der Waals surface area contributed by atoms with Gasteiger partial charge in [-0.05, 0) is 25.3 Å². The first-order valence-electron chi connectivity index (χ1n) is 5.14. The van der Waals surface area contributed by atoms with Crippen LogP contribution >= 0.6 is 0 Å². The predicted octanol–water partition coefficient (Wildman–Crippen LogP) is 1.49. The fourth-order valence-electron chi connectivity index (χ4n) is 2.36. The molecule has 1 aliphatic rings. The summed E-state index contributed by atoms with van der Waals surface area (Å²) in [5.41, 5.74) is 0. The highest BCUT2D eigenvalue weighted by molar-refractivity contribution is 4.82. The van der Waals surface area contributed by atoms with E-state index in [2.05, 4.69) is 18.7 Å². The number of aliphatic hydroxyl groups is 1. The summed E-state index contributed by atoms with van der Waals surface area (Å²) in [6.45, 7) is 6.75. The summed E-state index contributed by atoms with van der Waals surface area (Å²) in [5, 5.41) is 8.87. The summed E-state index contributed by atoms with van der Waals surface area (Å²) in [7, 11) is 0.